The Hall–Kier alpha value is -4.99. The van der Waals surface area contributed by atoms with Crippen LogP contribution in [0.25, 0.3) is 57.2 Å². The zero-order chi connectivity index (χ0) is 35.5. The van der Waals surface area contributed by atoms with Gasteiger partial charge in [0.1, 0.15) is 0 Å². The summed E-state index contributed by atoms with van der Waals surface area (Å²) in [5.74, 6) is 1.96. The van der Waals surface area contributed by atoms with E-state index in [-0.39, 0.29) is 21.7 Å². The van der Waals surface area contributed by atoms with E-state index in [4.69, 9.17) is 8.83 Å². The molecule has 0 amide bonds. The number of nitrogens with one attached hydrogen (secondary N) is 1. The highest BCUT2D eigenvalue weighted by atomic mass is 16.4. The minimum Gasteiger partial charge on any atom is -0.416 e. The lowest BCUT2D eigenvalue weighted by Crippen LogP contribution is -2.16. The number of H-pyrrole nitrogens is 1. The van der Waals surface area contributed by atoms with Gasteiger partial charge in [-0.25, -0.2) is 0 Å². The Bertz CT molecular complexity index is 1920. The zero-order valence-electron chi connectivity index (χ0n) is 30.6. The van der Waals surface area contributed by atoms with Crippen LogP contribution in [0.3, 0.4) is 0 Å². The molecule has 0 radical (unpaired) electrons. The van der Waals surface area contributed by atoms with Crippen LogP contribution in [-0.2, 0) is 21.7 Å². The van der Waals surface area contributed by atoms with Crippen molar-refractivity contribution in [2.24, 2.45) is 0 Å². The highest BCUT2D eigenvalue weighted by Crippen LogP contribution is 2.38. The quantitative estimate of drug-likeness (QED) is 0.192. The molecule has 3 aromatic carbocycles. The summed E-state index contributed by atoms with van der Waals surface area (Å²) in [5.41, 5.74) is 8.31. The van der Waals surface area contributed by atoms with E-state index in [1.165, 1.54) is 22.3 Å². The maximum atomic E-state index is 6.37. The molecule has 10 heteroatoms. The van der Waals surface area contributed by atoms with Gasteiger partial charge < -0.3 is 8.83 Å². The van der Waals surface area contributed by atoms with Gasteiger partial charge in [0.05, 0.1) is 0 Å². The summed E-state index contributed by atoms with van der Waals surface area (Å²) in [5, 5.41) is 32.6. The number of tetrazole rings is 1. The summed E-state index contributed by atoms with van der Waals surface area (Å²) in [7, 11) is 0. The molecule has 6 rings (SSSR count). The number of nitrogens with zero attached hydrogens (tertiary/aromatic N) is 7. The van der Waals surface area contributed by atoms with E-state index in [2.05, 4.69) is 161 Å². The molecule has 0 saturated heterocycles. The van der Waals surface area contributed by atoms with E-state index in [9.17, 15) is 0 Å². The van der Waals surface area contributed by atoms with Crippen LogP contribution in [0, 0.1) is 0 Å². The molecular weight excluding hydrogens is 612 g/mol. The average Bonchev–Trinajstić information content (AvgIpc) is 3.81. The number of hydrogen-bond acceptors (Lipinski definition) is 9. The highest BCUT2D eigenvalue weighted by Gasteiger charge is 2.25. The summed E-state index contributed by atoms with van der Waals surface area (Å²) in [6, 6.07) is 18.7. The van der Waals surface area contributed by atoms with Crippen molar-refractivity contribution in [3.63, 3.8) is 0 Å². The van der Waals surface area contributed by atoms with Crippen molar-refractivity contribution in [2.45, 2.75) is 105 Å². The Morgan fingerprint density at radius 2 is 0.694 bits per heavy atom. The first kappa shape index (κ1) is 33.9. The number of benzene rings is 3. The monoisotopic (exact) mass is 658 g/mol. The van der Waals surface area contributed by atoms with Gasteiger partial charge >= 0.3 is 0 Å². The lowest BCUT2D eigenvalue weighted by Gasteiger charge is -2.25. The minimum absolute atomic E-state index is 0.0575. The Labute approximate surface area is 288 Å². The first-order chi connectivity index (χ1) is 22.8. The van der Waals surface area contributed by atoms with Crippen molar-refractivity contribution in [2.75, 3.05) is 0 Å². The van der Waals surface area contributed by atoms with Crippen molar-refractivity contribution in [3.05, 3.63) is 76.9 Å². The molecule has 254 valence electrons. The molecule has 3 heterocycles. The first-order valence-corrected chi connectivity index (χ1v) is 16.7. The van der Waals surface area contributed by atoms with Gasteiger partial charge in [0.15, 0.2) is 0 Å². The second-order valence-electron chi connectivity index (χ2n) is 17.0. The molecule has 0 aliphatic carbocycles. The van der Waals surface area contributed by atoms with Crippen LogP contribution in [0.5, 0.6) is 0 Å². The largest absolute Gasteiger partial charge is 0.416 e. The molecule has 0 spiro atoms. The minimum atomic E-state index is -0.0575. The second-order valence-corrected chi connectivity index (χ2v) is 17.0. The van der Waals surface area contributed by atoms with Gasteiger partial charge in [-0.1, -0.05) is 95.2 Å². The van der Waals surface area contributed by atoms with Gasteiger partial charge in [0, 0.05) is 27.8 Å². The molecule has 0 aliphatic heterocycles. The summed E-state index contributed by atoms with van der Waals surface area (Å²) in [6.45, 7) is 26.5. The summed E-state index contributed by atoms with van der Waals surface area (Å²) in [4.78, 5) is 0. The smallest absolute Gasteiger partial charge is 0.248 e. The maximum Gasteiger partial charge on any atom is 0.248 e. The van der Waals surface area contributed by atoms with Crippen molar-refractivity contribution in [1.82, 2.24) is 41.0 Å². The molecule has 0 unspecified atom stereocenters. The lowest BCUT2D eigenvalue weighted by molar-refractivity contribution is 0.564. The summed E-state index contributed by atoms with van der Waals surface area (Å²) >= 11 is 0. The van der Waals surface area contributed by atoms with Crippen LogP contribution in [0.4, 0.5) is 0 Å². The fourth-order valence-electron chi connectivity index (χ4n) is 5.43. The molecule has 6 aromatic rings. The van der Waals surface area contributed by atoms with Crippen LogP contribution in [-0.4, -0.2) is 41.0 Å². The van der Waals surface area contributed by atoms with Crippen molar-refractivity contribution in [1.29, 1.82) is 0 Å². The molecular formula is C39H46N8O2. The van der Waals surface area contributed by atoms with Gasteiger partial charge in [-0.05, 0) is 91.6 Å². The third-order valence-electron chi connectivity index (χ3n) is 8.70. The predicted molar refractivity (Wildman–Crippen MR) is 192 cm³/mol. The molecule has 10 nitrogen and oxygen atoms in total. The molecule has 0 atom stereocenters. The Morgan fingerprint density at radius 1 is 0.388 bits per heavy atom. The Morgan fingerprint density at radius 3 is 0.980 bits per heavy atom. The van der Waals surface area contributed by atoms with Crippen molar-refractivity contribution >= 4 is 0 Å². The van der Waals surface area contributed by atoms with Gasteiger partial charge in [0.2, 0.25) is 29.4 Å². The number of hydrogen-bond donors (Lipinski definition) is 1. The van der Waals surface area contributed by atoms with Gasteiger partial charge in [-0.3, -0.25) is 0 Å². The molecule has 1 N–H and O–H groups in total. The third kappa shape index (κ3) is 7.23. The summed E-state index contributed by atoms with van der Waals surface area (Å²) < 4.78 is 12.7. The van der Waals surface area contributed by atoms with E-state index < -0.39 is 0 Å². The molecule has 49 heavy (non-hydrogen) atoms. The first-order valence-electron chi connectivity index (χ1n) is 16.7. The fraction of sp³-hybridized carbons (Fsp3) is 0.410. The average molecular weight is 659 g/mol. The molecule has 0 fully saturated rings. The van der Waals surface area contributed by atoms with Gasteiger partial charge in [-0.2, -0.15) is 5.21 Å². The van der Waals surface area contributed by atoms with Crippen LogP contribution < -0.4 is 0 Å². The maximum absolute atomic E-state index is 6.37. The standard InChI is InChI=1S/C39H46N8O2/c1-36(2,3)27-16-25(17-28(20-27)37(4,5)6)34-44-42-32(48-34)23-13-22(31-40-46-47-41-31)14-24(15-23)33-43-45-35(49-33)26-18-29(38(7,8)9)21-30(19-26)39(10,11)12/h13-21H,1-12H3,(H,40,41,46,47). The molecule has 3 aromatic heterocycles. The Kier molecular flexibility index (Phi) is 8.20. The Balaban J connectivity index is 1.44. The topological polar surface area (TPSA) is 132 Å². The predicted octanol–water partition coefficient (Wildman–Crippen LogP) is 9.49. The number of aromatic nitrogens is 8. The van der Waals surface area contributed by atoms with Gasteiger partial charge in [-0.15, -0.1) is 30.6 Å². The summed E-state index contributed by atoms with van der Waals surface area (Å²) in [6.07, 6.45) is 0. The van der Waals surface area contributed by atoms with Crippen LogP contribution in [0.1, 0.15) is 105 Å². The SMILES string of the molecule is CC(C)(C)c1cc(-c2nnc(-c3cc(-c4nn[nH]n4)cc(-c4nnc(-c5cc(C(C)(C)C)cc(C(C)(C)C)c5)o4)c3)o2)cc(C(C)(C)C)c1. The van der Waals surface area contributed by atoms with Crippen LogP contribution >= 0.6 is 0 Å². The van der Waals surface area contributed by atoms with Crippen LogP contribution in [0.2, 0.25) is 0 Å². The van der Waals surface area contributed by atoms with E-state index in [1.807, 2.05) is 18.2 Å². The van der Waals surface area contributed by atoms with E-state index >= 15 is 0 Å². The molecule has 0 bridgehead atoms. The van der Waals surface area contributed by atoms with Crippen molar-refractivity contribution < 1.29 is 8.83 Å². The van der Waals surface area contributed by atoms with Gasteiger partial charge in [0.25, 0.3) is 0 Å². The third-order valence-corrected chi connectivity index (χ3v) is 8.70. The lowest BCUT2D eigenvalue weighted by atomic mass is 9.79. The second kappa shape index (κ2) is 11.9. The zero-order valence-corrected chi connectivity index (χ0v) is 30.6. The van der Waals surface area contributed by atoms with Crippen LogP contribution in [0.15, 0.2) is 63.4 Å². The van der Waals surface area contributed by atoms with E-state index in [1.54, 1.807) is 0 Å². The number of aromatic amines is 1. The molecule has 0 aliphatic rings. The van der Waals surface area contributed by atoms with E-state index in [0.717, 1.165) is 11.1 Å². The number of rotatable bonds is 5. The normalized spacial score (nSPS) is 12.9. The fourth-order valence-corrected chi connectivity index (χ4v) is 5.43. The van der Waals surface area contributed by atoms with Crippen molar-refractivity contribution in [3.8, 4) is 57.2 Å². The highest BCUT2D eigenvalue weighted by molar-refractivity contribution is 5.74. The molecule has 0 saturated carbocycles. The van der Waals surface area contributed by atoms with E-state index in [0.29, 0.717) is 46.1 Å².